The average Bonchev–Trinajstić information content (AvgIpc) is 3.04. The van der Waals surface area contributed by atoms with E-state index in [0.29, 0.717) is 5.82 Å². The number of imide groups is 1. The Kier molecular flexibility index (Phi) is 4.08. The van der Waals surface area contributed by atoms with Gasteiger partial charge in [-0.1, -0.05) is 18.0 Å². The van der Waals surface area contributed by atoms with Crippen LogP contribution in [0, 0.1) is 5.92 Å². The summed E-state index contributed by atoms with van der Waals surface area (Å²) >= 11 is 0. The van der Waals surface area contributed by atoms with Gasteiger partial charge in [-0.3, -0.25) is 9.69 Å². The molecule has 2 aliphatic carbocycles. The second-order valence-corrected chi connectivity index (χ2v) is 7.17. The normalized spacial score (nSPS) is 28.8. The molecule has 0 spiro atoms. The van der Waals surface area contributed by atoms with Gasteiger partial charge in [0.15, 0.2) is 5.82 Å². The number of rotatable bonds is 4. The number of halogens is 1. The zero-order valence-electron chi connectivity index (χ0n) is 13.6. The van der Waals surface area contributed by atoms with Gasteiger partial charge in [0.1, 0.15) is 12.1 Å². The van der Waals surface area contributed by atoms with Crippen LogP contribution in [0.2, 0.25) is 0 Å². The minimum absolute atomic E-state index is 0. The molecule has 1 atom stereocenters. The minimum Gasteiger partial charge on any atom is -0.337 e. The number of nitrogens with two attached hydrogens (primary N) is 1. The van der Waals surface area contributed by atoms with E-state index < -0.39 is 17.1 Å². The highest BCUT2D eigenvalue weighted by atomic mass is 35.5. The Balaban J connectivity index is 0.00000169. The van der Waals surface area contributed by atoms with Crippen LogP contribution in [0.25, 0.3) is 0 Å². The molecule has 0 bridgehead atoms. The van der Waals surface area contributed by atoms with Gasteiger partial charge in [-0.25, -0.2) is 4.79 Å². The number of carbonyl (C=O) groups excluding carboxylic acids is 2. The maximum Gasteiger partial charge on any atom is 0.325 e. The number of carbonyl (C=O) groups is 2. The monoisotopic (exact) mass is 355 g/mol. The molecule has 1 aromatic rings. The Hall–Kier alpha value is -1.67. The molecule has 9 heteroatoms. The third kappa shape index (κ3) is 2.57. The number of aromatic nitrogens is 2. The Labute approximate surface area is 145 Å². The van der Waals surface area contributed by atoms with Gasteiger partial charge >= 0.3 is 6.03 Å². The molecule has 3 N–H and O–H groups in total. The lowest BCUT2D eigenvalue weighted by molar-refractivity contribution is -0.132. The smallest absolute Gasteiger partial charge is 0.325 e. The van der Waals surface area contributed by atoms with Crippen molar-refractivity contribution < 1.29 is 14.1 Å². The van der Waals surface area contributed by atoms with E-state index in [9.17, 15) is 9.59 Å². The van der Waals surface area contributed by atoms with Crippen LogP contribution in [0.1, 0.15) is 57.2 Å². The van der Waals surface area contributed by atoms with E-state index in [2.05, 4.69) is 15.5 Å². The first-order valence-electron chi connectivity index (χ1n) is 8.18. The fourth-order valence-electron chi connectivity index (χ4n) is 3.68. The standard InChI is InChI=1S/C15H21N5O3.ClH/c1-14(9-4-5-9)12(21)20(13(22)18-14)8-10-17-11(19-23-10)15(16)6-2-3-7-15;/h9H,2-8,16H2,1H3,(H,18,22);1H. The fourth-order valence-corrected chi connectivity index (χ4v) is 3.68. The molecular weight excluding hydrogens is 334 g/mol. The van der Waals surface area contributed by atoms with E-state index in [-0.39, 0.29) is 36.7 Å². The molecule has 3 fully saturated rings. The molecule has 2 saturated carbocycles. The summed E-state index contributed by atoms with van der Waals surface area (Å²) in [4.78, 5) is 30.2. The van der Waals surface area contributed by atoms with Crippen molar-refractivity contribution in [1.29, 1.82) is 0 Å². The van der Waals surface area contributed by atoms with E-state index in [1.54, 1.807) is 6.92 Å². The van der Waals surface area contributed by atoms with Crippen LogP contribution >= 0.6 is 12.4 Å². The summed E-state index contributed by atoms with van der Waals surface area (Å²) in [6, 6.07) is -0.396. The van der Waals surface area contributed by atoms with E-state index in [4.69, 9.17) is 10.3 Å². The van der Waals surface area contributed by atoms with E-state index >= 15 is 0 Å². The summed E-state index contributed by atoms with van der Waals surface area (Å²) in [7, 11) is 0. The molecule has 3 aliphatic rings. The van der Waals surface area contributed by atoms with Crippen molar-refractivity contribution in [3.05, 3.63) is 11.7 Å². The summed E-state index contributed by atoms with van der Waals surface area (Å²) in [5, 5.41) is 6.77. The topological polar surface area (TPSA) is 114 Å². The summed E-state index contributed by atoms with van der Waals surface area (Å²) < 4.78 is 5.23. The van der Waals surface area contributed by atoms with Gasteiger partial charge in [-0.2, -0.15) is 4.98 Å². The van der Waals surface area contributed by atoms with Gasteiger partial charge in [-0.05, 0) is 38.5 Å². The van der Waals surface area contributed by atoms with E-state index in [1.807, 2.05) is 0 Å². The van der Waals surface area contributed by atoms with Gasteiger partial charge in [0.05, 0.1) is 5.54 Å². The van der Waals surface area contributed by atoms with E-state index in [1.165, 1.54) is 0 Å². The number of nitrogens with zero attached hydrogens (tertiary/aromatic N) is 3. The molecule has 2 heterocycles. The van der Waals surface area contributed by atoms with Crippen LogP contribution in [0.15, 0.2) is 4.52 Å². The molecule has 1 aliphatic heterocycles. The molecule has 4 rings (SSSR count). The molecule has 132 valence electrons. The molecule has 3 amide bonds. The molecule has 0 aromatic carbocycles. The highest BCUT2D eigenvalue weighted by molar-refractivity contribution is 6.07. The third-order valence-corrected chi connectivity index (χ3v) is 5.40. The average molecular weight is 356 g/mol. The van der Waals surface area contributed by atoms with Crippen LogP contribution in [-0.2, 0) is 16.9 Å². The highest BCUT2D eigenvalue weighted by Crippen LogP contribution is 2.43. The lowest BCUT2D eigenvalue weighted by atomic mass is 9.96. The SMILES string of the molecule is CC1(C2CC2)NC(=O)N(Cc2nc(C3(N)CCCC3)no2)C1=O.Cl. The summed E-state index contributed by atoms with van der Waals surface area (Å²) in [5.74, 6) is 0.739. The zero-order valence-corrected chi connectivity index (χ0v) is 14.4. The predicted molar refractivity (Wildman–Crippen MR) is 86.1 cm³/mol. The molecule has 0 radical (unpaired) electrons. The molecule has 24 heavy (non-hydrogen) atoms. The predicted octanol–water partition coefficient (Wildman–Crippen LogP) is 1.44. The van der Waals surface area contributed by atoms with Crippen LogP contribution in [0.5, 0.6) is 0 Å². The van der Waals surface area contributed by atoms with Gasteiger partial charge in [0, 0.05) is 0 Å². The Morgan fingerprint density at radius 2 is 2.00 bits per heavy atom. The van der Waals surface area contributed by atoms with Crippen molar-refractivity contribution in [3.8, 4) is 0 Å². The largest absolute Gasteiger partial charge is 0.337 e. The molecule has 1 saturated heterocycles. The first kappa shape index (κ1) is 17.2. The second-order valence-electron chi connectivity index (χ2n) is 7.17. The summed E-state index contributed by atoms with van der Waals surface area (Å²) in [6.45, 7) is 1.79. The quantitative estimate of drug-likeness (QED) is 0.790. The van der Waals surface area contributed by atoms with Crippen molar-refractivity contribution in [3.63, 3.8) is 0 Å². The molecular formula is C15H22ClN5O3. The minimum atomic E-state index is -0.791. The molecule has 8 nitrogen and oxygen atoms in total. The third-order valence-electron chi connectivity index (χ3n) is 5.40. The zero-order chi connectivity index (χ0) is 16.2. The van der Waals surface area contributed by atoms with E-state index in [0.717, 1.165) is 43.4 Å². The Bertz CT molecular complexity index is 668. The number of hydrogen-bond acceptors (Lipinski definition) is 6. The molecule has 1 aromatic heterocycles. The number of amides is 3. The summed E-state index contributed by atoms with van der Waals surface area (Å²) in [5.41, 5.74) is 4.97. The van der Waals surface area contributed by atoms with Crippen LogP contribution in [0.4, 0.5) is 4.79 Å². The lowest BCUT2D eigenvalue weighted by Gasteiger charge is -2.20. The van der Waals surface area contributed by atoms with Gasteiger partial charge < -0.3 is 15.6 Å². The van der Waals surface area contributed by atoms with Crippen molar-refractivity contribution in [1.82, 2.24) is 20.4 Å². The number of nitrogens with one attached hydrogen (secondary N) is 1. The maximum absolute atomic E-state index is 12.6. The lowest BCUT2D eigenvalue weighted by Crippen LogP contribution is -2.46. The first-order valence-corrected chi connectivity index (χ1v) is 8.18. The second kappa shape index (κ2) is 5.70. The van der Waals surface area contributed by atoms with Crippen LogP contribution in [0.3, 0.4) is 0 Å². The van der Waals surface area contributed by atoms with Crippen molar-refractivity contribution in [2.75, 3.05) is 0 Å². The van der Waals surface area contributed by atoms with Gasteiger partial charge in [-0.15, -0.1) is 12.4 Å². The van der Waals surface area contributed by atoms with Crippen LogP contribution < -0.4 is 11.1 Å². The first-order chi connectivity index (χ1) is 10.9. The fraction of sp³-hybridized carbons (Fsp3) is 0.733. The maximum atomic E-state index is 12.6. The highest BCUT2D eigenvalue weighted by Gasteiger charge is 2.56. The Morgan fingerprint density at radius 1 is 1.33 bits per heavy atom. The van der Waals surface area contributed by atoms with Gasteiger partial charge in [0.2, 0.25) is 5.89 Å². The van der Waals surface area contributed by atoms with Crippen LogP contribution in [-0.4, -0.2) is 32.5 Å². The number of urea groups is 1. The Morgan fingerprint density at radius 3 is 2.62 bits per heavy atom. The summed E-state index contributed by atoms with van der Waals surface area (Å²) in [6.07, 6.45) is 5.69. The van der Waals surface area contributed by atoms with Gasteiger partial charge in [0.25, 0.3) is 5.91 Å². The van der Waals surface area contributed by atoms with Crippen molar-refractivity contribution in [2.24, 2.45) is 11.7 Å². The van der Waals surface area contributed by atoms with Crippen molar-refractivity contribution >= 4 is 24.3 Å². The van der Waals surface area contributed by atoms with Crippen molar-refractivity contribution in [2.45, 2.75) is 63.1 Å². The number of hydrogen-bond donors (Lipinski definition) is 2. The molecule has 1 unspecified atom stereocenters.